The molecule has 1 spiro atoms. The first kappa shape index (κ1) is 19.5. The molecular weight excluding hydrogens is 362 g/mol. The molecule has 0 atom stereocenters. The van der Waals surface area contributed by atoms with Crippen molar-refractivity contribution >= 4 is 29.7 Å². The smallest absolute Gasteiger partial charge is 0.325 e. The van der Waals surface area contributed by atoms with E-state index in [4.69, 9.17) is 5.73 Å². The highest BCUT2D eigenvalue weighted by Crippen LogP contribution is 2.29. The Bertz CT molecular complexity index is 786. The summed E-state index contributed by atoms with van der Waals surface area (Å²) in [7, 11) is 0. The van der Waals surface area contributed by atoms with Crippen LogP contribution in [-0.4, -0.2) is 70.7 Å². The summed E-state index contributed by atoms with van der Waals surface area (Å²) >= 11 is 0. The molecule has 1 aromatic heterocycles. The largest absolute Gasteiger partial charge is 0.405 e. The van der Waals surface area contributed by atoms with Crippen LogP contribution in [0.4, 0.5) is 10.5 Å². The van der Waals surface area contributed by atoms with Crippen LogP contribution in [0.2, 0.25) is 0 Å². The van der Waals surface area contributed by atoms with E-state index in [1.54, 1.807) is 36.8 Å². The van der Waals surface area contributed by atoms with Crippen LogP contribution in [0.3, 0.4) is 0 Å². The van der Waals surface area contributed by atoms with Gasteiger partial charge in [-0.15, -0.1) is 0 Å². The summed E-state index contributed by atoms with van der Waals surface area (Å²) in [5.41, 5.74) is 4.86. The lowest BCUT2D eigenvalue weighted by atomic mass is 9.87. The number of aromatic nitrogens is 1. The molecule has 0 radical (unpaired) electrons. The van der Waals surface area contributed by atoms with Crippen LogP contribution in [0, 0.1) is 0 Å². The number of pyridine rings is 1. The predicted octanol–water partition coefficient (Wildman–Crippen LogP) is -0.0928. The van der Waals surface area contributed by atoms with Crippen molar-refractivity contribution in [3.8, 4) is 0 Å². The third kappa shape index (κ3) is 4.34. The summed E-state index contributed by atoms with van der Waals surface area (Å²) in [4.78, 5) is 48.6. The maximum atomic E-state index is 12.9. The molecule has 28 heavy (non-hydrogen) atoms. The number of amides is 4. The maximum absolute atomic E-state index is 12.9. The number of nitrogens with two attached hydrogens (primary N) is 1. The molecule has 148 valence electrons. The zero-order valence-corrected chi connectivity index (χ0v) is 15.4. The van der Waals surface area contributed by atoms with Gasteiger partial charge in [-0.3, -0.25) is 29.4 Å². The minimum Gasteiger partial charge on any atom is -0.405 e. The van der Waals surface area contributed by atoms with E-state index in [-0.39, 0.29) is 12.5 Å². The molecule has 0 aromatic carbocycles. The van der Waals surface area contributed by atoms with Crippen molar-refractivity contribution in [1.82, 2.24) is 20.1 Å². The zero-order chi connectivity index (χ0) is 20.0. The highest BCUT2D eigenvalue weighted by atomic mass is 16.2. The van der Waals surface area contributed by atoms with Crippen LogP contribution in [0.5, 0.6) is 0 Å². The molecule has 3 rings (SSSR count). The van der Waals surface area contributed by atoms with Crippen LogP contribution in [0.25, 0.3) is 0 Å². The Balaban J connectivity index is 1.55. The monoisotopic (exact) mass is 385 g/mol. The molecule has 3 heterocycles. The fraction of sp³-hybridized carbons (Fsp3) is 0.389. The van der Waals surface area contributed by atoms with E-state index in [0.29, 0.717) is 38.3 Å². The molecule has 0 aliphatic carbocycles. The molecule has 10 nitrogen and oxygen atoms in total. The normalized spacial score (nSPS) is 19.6. The van der Waals surface area contributed by atoms with Gasteiger partial charge in [0.25, 0.3) is 5.91 Å². The van der Waals surface area contributed by atoms with Crippen molar-refractivity contribution in [2.24, 2.45) is 10.7 Å². The van der Waals surface area contributed by atoms with E-state index >= 15 is 0 Å². The Morgan fingerprint density at radius 2 is 2.04 bits per heavy atom. The number of likely N-dealkylation sites (tertiary alicyclic amines) is 1. The third-order valence-electron chi connectivity index (χ3n) is 4.81. The molecule has 1 aromatic rings. The molecule has 2 aliphatic heterocycles. The first-order valence-corrected chi connectivity index (χ1v) is 8.97. The number of carbonyl (C=O) groups excluding carboxylic acids is 3. The highest BCUT2D eigenvalue weighted by Gasteiger charge is 2.52. The van der Waals surface area contributed by atoms with Crippen LogP contribution < -0.4 is 16.4 Å². The second kappa shape index (κ2) is 8.61. The number of nitrogens with one attached hydrogen (secondary N) is 2. The first-order valence-electron chi connectivity index (χ1n) is 8.97. The van der Waals surface area contributed by atoms with E-state index in [0.717, 1.165) is 4.90 Å². The van der Waals surface area contributed by atoms with Gasteiger partial charge in [0.2, 0.25) is 5.91 Å². The number of rotatable bonds is 6. The van der Waals surface area contributed by atoms with Gasteiger partial charge in [-0.2, -0.15) is 0 Å². The van der Waals surface area contributed by atoms with Crippen molar-refractivity contribution in [2.75, 3.05) is 31.6 Å². The number of urea groups is 1. The van der Waals surface area contributed by atoms with Gasteiger partial charge < -0.3 is 16.4 Å². The summed E-state index contributed by atoms with van der Waals surface area (Å²) in [5.74, 6) is -0.789. The van der Waals surface area contributed by atoms with Gasteiger partial charge in [0.05, 0.1) is 6.67 Å². The molecule has 2 fully saturated rings. The molecule has 0 unspecified atom stereocenters. The third-order valence-corrected chi connectivity index (χ3v) is 4.81. The van der Waals surface area contributed by atoms with Gasteiger partial charge in [-0.05, 0) is 37.3 Å². The molecule has 4 amide bonds. The summed E-state index contributed by atoms with van der Waals surface area (Å²) in [5, 5.41) is 5.44. The van der Waals surface area contributed by atoms with Gasteiger partial charge in [0.15, 0.2) is 0 Å². The van der Waals surface area contributed by atoms with Gasteiger partial charge in [0, 0.05) is 37.4 Å². The van der Waals surface area contributed by atoms with Crippen molar-refractivity contribution in [2.45, 2.75) is 18.4 Å². The lowest BCUT2D eigenvalue weighted by molar-refractivity contribution is -0.135. The Labute approximate surface area is 162 Å². The number of hydrogen-bond acceptors (Lipinski definition) is 7. The van der Waals surface area contributed by atoms with Crippen molar-refractivity contribution < 1.29 is 14.4 Å². The summed E-state index contributed by atoms with van der Waals surface area (Å²) in [6.45, 7) is 1.41. The van der Waals surface area contributed by atoms with E-state index in [1.165, 1.54) is 6.20 Å². The Morgan fingerprint density at radius 3 is 2.71 bits per heavy atom. The maximum Gasteiger partial charge on any atom is 0.325 e. The zero-order valence-electron chi connectivity index (χ0n) is 15.4. The number of aliphatic imine (C=N–C) groups is 1. The number of nitrogens with zero attached hydrogens (tertiary/aromatic N) is 4. The number of carbonyl (C=O) groups is 3. The van der Waals surface area contributed by atoms with E-state index in [9.17, 15) is 14.4 Å². The SMILES string of the molecule is N/C=C\C=N/CN1CCC2(CC1)NC(=O)N(CC(=O)Nc1ccncc1)C2=O. The lowest BCUT2D eigenvalue weighted by Gasteiger charge is -2.36. The average molecular weight is 385 g/mol. The highest BCUT2D eigenvalue weighted by molar-refractivity contribution is 6.10. The Hall–Kier alpha value is -3.27. The van der Waals surface area contributed by atoms with Gasteiger partial charge >= 0.3 is 6.03 Å². The second-order valence-corrected chi connectivity index (χ2v) is 6.66. The Kier molecular flexibility index (Phi) is 5.99. The number of hydrogen-bond donors (Lipinski definition) is 3. The predicted molar refractivity (Wildman–Crippen MR) is 103 cm³/mol. The van der Waals surface area contributed by atoms with Crippen molar-refractivity contribution in [1.29, 1.82) is 0 Å². The average Bonchev–Trinajstić information content (AvgIpc) is 2.92. The summed E-state index contributed by atoms with van der Waals surface area (Å²) in [6.07, 6.45) is 8.70. The van der Waals surface area contributed by atoms with Gasteiger partial charge in [-0.25, -0.2) is 4.79 Å². The number of imide groups is 1. The van der Waals surface area contributed by atoms with Crippen LogP contribution in [0.1, 0.15) is 12.8 Å². The Morgan fingerprint density at radius 1 is 1.32 bits per heavy atom. The molecular formula is C18H23N7O3. The molecule has 10 heteroatoms. The van der Waals surface area contributed by atoms with Crippen LogP contribution in [-0.2, 0) is 9.59 Å². The van der Waals surface area contributed by atoms with Crippen LogP contribution in [0.15, 0.2) is 41.8 Å². The number of piperidine rings is 1. The standard InChI is InChI=1S/C18H23N7O3/c19-6-1-7-21-13-24-10-4-18(5-11-24)16(27)25(17(28)23-18)12-15(26)22-14-2-8-20-9-3-14/h1-3,6-9H,4-5,10-13,19H2,(H,23,28)(H,20,22,26)/b6-1-,21-7-. The fourth-order valence-electron chi connectivity index (χ4n) is 3.29. The molecule has 2 aliphatic rings. The van der Waals surface area contributed by atoms with Gasteiger partial charge in [0.1, 0.15) is 12.1 Å². The molecule has 2 saturated heterocycles. The van der Waals surface area contributed by atoms with Gasteiger partial charge in [-0.1, -0.05) is 0 Å². The topological polar surface area (TPSA) is 133 Å². The quantitative estimate of drug-likeness (QED) is 0.463. The minimum absolute atomic E-state index is 0.325. The molecule has 4 N–H and O–H groups in total. The van der Waals surface area contributed by atoms with E-state index in [2.05, 4.69) is 25.5 Å². The van der Waals surface area contributed by atoms with Crippen LogP contribution >= 0.6 is 0 Å². The number of anilines is 1. The van der Waals surface area contributed by atoms with E-state index < -0.39 is 17.5 Å². The first-order chi connectivity index (χ1) is 13.5. The molecule has 0 saturated carbocycles. The summed E-state index contributed by atoms with van der Waals surface area (Å²) < 4.78 is 0. The van der Waals surface area contributed by atoms with Crippen molar-refractivity contribution in [3.63, 3.8) is 0 Å². The molecule has 0 bridgehead atoms. The van der Waals surface area contributed by atoms with E-state index in [1.807, 2.05) is 0 Å². The van der Waals surface area contributed by atoms with Crippen molar-refractivity contribution in [3.05, 3.63) is 36.8 Å². The fourth-order valence-corrected chi connectivity index (χ4v) is 3.29. The minimum atomic E-state index is -0.939. The summed E-state index contributed by atoms with van der Waals surface area (Å²) in [6, 6.07) is 2.73. The lowest BCUT2D eigenvalue weighted by Crippen LogP contribution is -2.55. The number of allylic oxidation sites excluding steroid dienone is 1. The second-order valence-electron chi connectivity index (χ2n) is 6.66.